The molecule has 0 aromatic heterocycles. The van der Waals surface area contributed by atoms with E-state index in [0.29, 0.717) is 19.8 Å². The molecule has 0 aliphatic rings. The number of carbonyl (C=O) groups excluding carboxylic acids is 1. The van der Waals surface area contributed by atoms with Crippen LogP contribution in [0.5, 0.6) is 0 Å². The Balaban J connectivity index is 3.65. The number of rotatable bonds is 10. The van der Waals surface area contributed by atoms with Crippen molar-refractivity contribution in [3.8, 4) is 0 Å². The second-order valence-electron chi connectivity index (χ2n) is 3.41. The topological polar surface area (TPSA) is 117 Å². The lowest BCUT2D eigenvalue weighted by Crippen LogP contribution is -2.47. The van der Waals surface area contributed by atoms with Crippen molar-refractivity contribution in [2.24, 2.45) is 0 Å². The number of carboxylic acids is 1. The van der Waals surface area contributed by atoms with Gasteiger partial charge in [0.25, 0.3) is 0 Å². The van der Waals surface area contributed by atoms with Gasteiger partial charge in [0.05, 0.1) is 19.8 Å². The van der Waals surface area contributed by atoms with Crippen molar-refractivity contribution in [3.05, 3.63) is 0 Å². The number of nitrogens with one attached hydrogen (secondary N) is 2. The van der Waals surface area contributed by atoms with Crippen LogP contribution in [0.4, 0.5) is 4.79 Å². The molecule has 0 saturated heterocycles. The molecule has 106 valence electrons. The first-order valence-electron chi connectivity index (χ1n) is 5.56. The predicted octanol–water partition coefficient (Wildman–Crippen LogP) is -1.22. The Kier molecular flexibility index (Phi) is 9.93. The monoisotopic (exact) mass is 264 g/mol. The van der Waals surface area contributed by atoms with Gasteiger partial charge in [-0.25, -0.2) is 9.59 Å². The van der Waals surface area contributed by atoms with Crippen LogP contribution in [0.15, 0.2) is 0 Å². The lowest BCUT2D eigenvalue weighted by molar-refractivity contribution is -0.139. The maximum atomic E-state index is 11.3. The average Bonchev–Trinajstić information content (AvgIpc) is 2.33. The summed E-state index contributed by atoms with van der Waals surface area (Å²) in [5.41, 5.74) is 0. The molecule has 0 rings (SSSR count). The highest BCUT2D eigenvalue weighted by Crippen LogP contribution is 1.90. The lowest BCUT2D eigenvalue weighted by Gasteiger charge is -2.13. The first-order chi connectivity index (χ1) is 8.61. The molecule has 0 unspecified atom stereocenters. The highest BCUT2D eigenvalue weighted by molar-refractivity contribution is 5.82. The minimum Gasteiger partial charge on any atom is -0.480 e. The van der Waals surface area contributed by atoms with Crippen LogP contribution in [-0.4, -0.2) is 68.3 Å². The van der Waals surface area contributed by atoms with Gasteiger partial charge in [-0.2, -0.15) is 0 Å². The van der Waals surface area contributed by atoms with Crippen molar-refractivity contribution in [3.63, 3.8) is 0 Å². The third kappa shape index (κ3) is 8.74. The predicted molar refractivity (Wildman–Crippen MR) is 62.4 cm³/mol. The SMILES string of the molecule is COCCOCCNC(=O)N[C@H](CCO)C(=O)O. The molecule has 0 radical (unpaired) electrons. The van der Waals surface area contributed by atoms with Crippen molar-refractivity contribution in [1.82, 2.24) is 10.6 Å². The fraction of sp³-hybridized carbons (Fsp3) is 0.800. The standard InChI is InChI=1S/C10H20N2O6/c1-17-6-7-18-5-3-11-10(16)12-8(2-4-13)9(14)15/h8,13H,2-7H2,1H3,(H,14,15)(H2,11,12,16)/t8-/m1/s1. The molecule has 2 amide bonds. The molecule has 0 aliphatic heterocycles. The third-order valence-electron chi connectivity index (χ3n) is 1.98. The van der Waals surface area contributed by atoms with E-state index in [1.807, 2.05) is 0 Å². The molecule has 0 saturated carbocycles. The molecule has 8 nitrogen and oxygen atoms in total. The van der Waals surface area contributed by atoms with E-state index in [2.05, 4.69) is 10.6 Å². The number of amides is 2. The fourth-order valence-corrected chi connectivity index (χ4v) is 1.08. The summed E-state index contributed by atoms with van der Waals surface area (Å²) in [6, 6.07) is -1.70. The minimum absolute atomic E-state index is 0.0346. The van der Waals surface area contributed by atoms with Gasteiger partial charge in [-0.3, -0.25) is 0 Å². The average molecular weight is 264 g/mol. The summed E-state index contributed by atoms with van der Waals surface area (Å²) in [5.74, 6) is -1.18. The summed E-state index contributed by atoms with van der Waals surface area (Å²) in [5, 5.41) is 22.0. The smallest absolute Gasteiger partial charge is 0.326 e. The van der Waals surface area contributed by atoms with Crippen molar-refractivity contribution >= 4 is 12.0 Å². The summed E-state index contributed by atoms with van der Waals surface area (Å²) in [7, 11) is 1.56. The van der Waals surface area contributed by atoms with Crippen LogP contribution in [0.2, 0.25) is 0 Å². The van der Waals surface area contributed by atoms with E-state index < -0.39 is 18.0 Å². The number of hydrogen-bond donors (Lipinski definition) is 4. The summed E-state index contributed by atoms with van der Waals surface area (Å²) in [4.78, 5) is 22.0. The number of methoxy groups -OCH3 is 1. The summed E-state index contributed by atoms with van der Waals surface area (Å²) in [6.45, 7) is 1.18. The Bertz CT molecular complexity index is 249. The molecule has 1 atom stereocenters. The van der Waals surface area contributed by atoms with Crippen LogP contribution in [0, 0.1) is 0 Å². The summed E-state index contributed by atoms with van der Waals surface area (Å²) in [6.07, 6.45) is -0.0346. The summed E-state index contributed by atoms with van der Waals surface area (Å²) < 4.78 is 9.86. The minimum atomic E-state index is -1.18. The zero-order chi connectivity index (χ0) is 13.8. The van der Waals surface area contributed by atoms with Crippen molar-refractivity contribution in [2.45, 2.75) is 12.5 Å². The quantitative estimate of drug-likeness (QED) is 0.368. The van der Waals surface area contributed by atoms with E-state index in [9.17, 15) is 9.59 Å². The van der Waals surface area contributed by atoms with Crippen molar-refractivity contribution in [1.29, 1.82) is 0 Å². The van der Waals surface area contributed by atoms with Crippen LogP contribution in [-0.2, 0) is 14.3 Å². The van der Waals surface area contributed by atoms with Gasteiger partial charge in [0, 0.05) is 26.7 Å². The Morgan fingerprint density at radius 1 is 1.28 bits per heavy atom. The second-order valence-corrected chi connectivity index (χ2v) is 3.41. The van der Waals surface area contributed by atoms with Gasteiger partial charge in [0.15, 0.2) is 0 Å². The van der Waals surface area contributed by atoms with E-state index in [1.165, 1.54) is 0 Å². The first kappa shape index (κ1) is 16.6. The lowest BCUT2D eigenvalue weighted by atomic mass is 10.2. The summed E-state index contributed by atoms with van der Waals surface area (Å²) >= 11 is 0. The Labute approximate surface area is 105 Å². The van der Waals surface area contributed by atoms with Crippen molar-refractivity contribution < 1.29 is 29.3 Å². The van der Waals surface area contributed by atoms with Crippen molar-refractivity contribution in [2.75, 3.05) is 40.1 Å². The first-order valence-corrected chi connectivity index (χ1v) is 5.56. The van der Waals surface area contributed by atoms with Gasteiger partial charge < -0.3 is 30.3 Å². The molecule has 0 aliphatic carbocycles. The zero-order valence-corrected chi connectivity index (χ0v) is 10.3. The molecule has 0 heterocycles. The number of ether oxygens (including phenoxy) is 2. The number of aliphatic hydroxyl groups is 1. The van der Waals surface area contributed by atoms with Crippen LogP contribution < -0.4 is 10.6 Å². The molecular formula is C10H20N2O6. The molecule has 0 fully saturated rings. The van der Waals surface area contributed by atoms with Gasteiger partial charge >= 0.3 is 12.0 Å². The normalized spacial score (nSPS) is 11.9. The number of carbonyl (C=O) groups is 2. The van der Waals surface area contributed by atoms with E-state index in [1.54, 1.807) is 7.11 Å². The Morgan fingerprint density at radius 3 is 2.56 bits per heavy atom. The number of urea groups is 1. The highest BCUT2D eigenvalue weighted by Gasteiger charge is 2.18. The second kappa shape index (κ2) is 10.8. The Morgan fingerprint density at radius 2 is 2.00 bits per heavy atom. The van der Waals surface area contributed by atoms with Crippen LogP contribution in [0.3, 0.4) is 0 Å². The van der Waals surface area contributed by atoms with E-state index in [0.717, 1.165) is 0 Å². The molecule has 0 bridgehead atoms. The number of aliphatic hydroxyl groups excluding tert-OH is 1. The van der Waals surface area contributed by atoms with Crippen LogP contribution in [0.25, 0.3) is 0 Å². The van der Waals surface area contributed by atoms with Gasteiger partial charge in [0.2, 0.25) is 0 Å². The van der Waals surface area contributed by atoms with Gasteiger partial charge in [-0.05, 0) is 0 Å². The van der Waals surface area contributed by atoms with E-state index >= 15 is 0 Å². The fourth-order valence-electron chi connectivity index (χ4n) is 1.08. The maximum absolute atomic E-state index is 11.3. The molecule has 0 aromatic carbocycles. The molecular weight excluding hydrogens is 244 g/mol. The molecule has 8 heteroatoms. The molecule has 18 heavy (non-hydrogen) atoms. The Hall–Kier alpha value is -1.38. The zero-order valence-electron chi connectivity index (χ0n) is 10.3. The molecule has 0 aromatic rings. The van der Waals surface area contributed by atoms with Crippen LogP contribution in [0.1, 0.15) is 6.42 Å². The van der Waals surface area contributed by atoms with Crippen LogP contribution >= 0.6 is 0 Å². The van der Waals surface area contributed by atoms with Gasteiger partial charge in [0.1, 0.15) is 6.04 Å². The number of aliphatic carboxylic acids is 1. The number of hydrogen-bond acceptors (Lipinski definition) is 5. The molecule has 4 N–H and O–H groups in total. The van der Waals surface area contributed by atoms with Gasteiger partial charge in [-0.1, -0.05) is 0 Å². The van der Waals surface area contributed by atoms with E-state index in [-0.39, 0.29) is 19.6 Å². The third-order valence-corrected chi connectivity index (χ3v) is 1.98. The highest BCUT2D eigenvalue weighted by atomic mass is 16.5. The largest absolute Gasteiger partial charge is 0.480 e. The van der Waals surface area contributed by atoms with E-state index in [4.69, 9.17) is 19.7 Å². The van der Waals surface area contributed by atoms with Gasteiger partial charge in [-0.15, -0.1) is 0 Å². The maximum Gasteiger partial charge on any atom is 0.326 e. The number of carboxylic acid groups (broad SMARTS) is 1. The molecule has 0 spiro atoms.